The Morgan fingerprint density at radius 2 is 1.83 bits per heavy atom. The number of anilines is 1. The summed E-state index contributed by atoms with van der Waals surface area (Å²) in [5.74, 6) is -0.0541. The molecule has 1 saturated heterocycles. The maximum absolute atomic E-state index is 13.9. The van der Waals surface area contributed by atoms with E-state index in [1.807, 2.05) is 31.7 Å². The van der Waals surface area contributed by atoms with Crippen LogP contribution in [0.5, 0.6) is 0 Å². The van der Waals surface area contributed by atoms with Gasteiger partial charge in [0.15, 0.2) is 0 Å². The van der Waals surface area contributed by atoms with Crippen LogP contribution in [0.3, 0.4) is 0 Å². The molecule has 30 heavy (non-hydrogen) atoms. The third-order valence-corrected chi connectivity index (χ3v) is 5.37. The van der Waals surface area contributed by atoms with E-state index in [0.717, 1.165) is 24.2 Å². The maximum atomic E-state index is 13.9. The molecule has 2 unspecified atom stereocenters. The second kappa shape index (κ2) is 8.17. The Balaban J connectivity index is 1.59. The summed E-state index contributed by atoms with van der Waals surface area (Å²) in [5, 5.41) is 11.5. The number of nitrogens with one attached hydrogen (secondary N) is 1. The number of amides is 1. The zero-order chi connectivity index (χ0) is 21.3. The van der Waals surface area contributed by atoms with Gasteiger partial charge in [0.1, 0.15) is 11.5 Å². The van der Waals surface area contributed by atoms with Crippen molar-refractivity contribution < 1.29 is 9.18 Å². The number of likely N-dealkylation sites (tertiary alicyclic amines) is 1. The van der Waals surface area contributed by atoms with E-state index in [0.29, 0.717) is 23.7 Å². The summed E-state index contributed by atoms with van der Waals surface area (Å²) in [6.45, 7) is 6.49. The van der Waals surface area contributed by atoms with E-state index < -0.39 is 5.82 Å². The van der Waals surface area contributed by atoms with Gasteiger partial charge in [0.25, 0.3) is 5.91 Å². The van der Waals surface area contributed by atoms with Crippen LogP contribution in [-0.2, 0) is 0 Å². The van der Waals surface area contributed by atoms with E-state index in [9.17, 15) is 9.18 Å². The fourth-order valence-electron chi connectivity index (χ4n) is 3.93. The number of rotatable bonds is 4. The largest absolute Gasteiger partial charge is 0.349 e. The van der Waals surface area contributed by atoms with Gasteiger partial charge in [0, 0.05) is 36.1 Å². The molecule has 1 aromatic carbocycles. The van der Waals surface area contributed by atoms with Gasteiger partial charge in [0.05, 0.1) is 18.0 Å². The van der Waals surface area contributed by atoms with Gasteiger partial charge in [-0.05, 0) is 51.8 Å². The first kappa shape index (κ1) is 19.9. The molecule has 8 nitrogen and oxygen atoms in total. The number of aromatic nitrogens is 5. The van der Waals surface area contributed by atoms with Crippen LogP contribution >= 0.6 is 0 Å². The van der Waals surface area contributed by atoms with Crippen LogP contribution in [0, 0.1) is 19.7 Å². The van der Waals surface area contributed by atoms with Crippen LogP contribution < -0.4 is 5.32 Å². The van der Waals surface area contributed by atoms with E-state index >= 15 is 0 Å². The first-order chi connectivity index (χ1) is 14.4. The third-order valence-electron chi connectivity index (χ3n) is 5.37. The lowest BCUT2D eigenvalue weighted by Gasteiger charge is -2.40. The molecule has 1 aliphatic rings. The molecule has 0 saturated carbocycles. The van der Waals surface area contributed by atoms with Crippen molar-refractivity contribution in [1.82, 2.24) is 29.9 Å². The van der Waals surface area contributed by atoms with Crippen LogP contribution in [0.15, 0.2) is 36.7 Å². The molecular formula is C21H24FN7O. The molecule has 9 heteroatoms. The third kappa shape index (κ3) is 4.00. The number of nitrogens with zero attached hydrogens (tertiary/aromatic N) is 6. The van der Waals surface area contributed by atoms with E-state index in [1.165, 1.54) is 35.4 Å². The van der Waals surface area contributed by atoms with Gasteiger partial charge in [-0.2, -0.15) is 15.0 Å². The topological polar surface area (TPSA) is 88.8 Å². The first-order valence-electron chi connectivity index (χ1n) is 9.98. The molecule has 0 bridgehead atoms. The normalized spacial score (nSPS) is 19.0. The average molecular weight is 409 g/mol. The summed E-state index contributed by atoms with van der Waals surface area (Å²) >= 11 is 0. The number of hydrogen-bond acceptors (Lipinski definition) is 6. The zero-order valence-electron chi connectivity index (χ0n) is 17.2. The number of aryl methyl sites for hydroxylation is 2. The predicted octanol–water partition coefficient (Wildman–Crippen LogP) is 2.92. The lowest BCUT2D eigenvalue weighted by molar-refractivity contribution is 0.0616. The van der Waals surface area contributed by atoms with E-state index in [4.69, 9.17) is 0 Å². The monoisotopic (exact) mass is 409 g/mol. The average Bonchev–Trinajstić information content (AvgIpc) is 3.23. The van der Waals surface area contributed by atoms with Crippen LogP contribution in [0.2, 0.25) is 0 Å². The summed E-state index contributed by atoms with van der Waals surface area (Å²) in [6, 6.07) is 5.89. The lowest BCUT2D eigenvalue weighted by Crippen LogP contribution is -2.52. The van der Waals surface area contributed by atoms with Crippen LogP contribution in [0.1, 0.15) is 41.5 Å². The number of carbonyl (C=O) groups excluding carboxylic acids is 1. The van der Waals surface area contributed by atoms with Gasteiger partial charge in [-0.15, -0.1) is 0 Å². The maximum Gasteiger partial charge on any atom is 0.256 e. The van der Waals surface area contributed by atoms with Gasteiger partial charge in [-0.25, -0.2) is 14.4 Å². The van der Waals surface area contributed by atoms with E-state index in [2.05, 4.69) is 25.5 Å². The summed E-state index contributed by atoms with van der Waals surface area (Å²) in [5.41, 5.74) is 2.47. The Morgan fingerprint density at radius 3 is 2.53 bits per heavy atom. The van der Waals surface area contributed by atoms with Crippen LogP contribution in [-0.4, -0.2) is 54.4 Å². The summed E-state index contributed by atoms with van der Waals surface area (Å²) < 4.78 is 13.9. The second-order valence-corrected chi connectivity index (χ2v) is 7.59. The molecule has 2 aromatic heterocycles. The molecule has 0 aliphatic carbocycles. The highest BCUT2D eigenvalue weighted by atomic mass is 19.1. The minimum Gasteiger partial charge on any atom is -0.349 e. The van der Waals surface area contributed by atoms with E-state index in [1.54, 1.807) is 0 Å². The minimum atomic E-state index is -0.447. The molecule has 1 N–H and O–H groups in total. The van der Waals surface area contributed by atoms with Crippen molar-refractivity contribution in [3.63, 3.8) is 0 Å². The quantitative estimate of drug-likeness (QED) is 0.713. The Kier molecular flexibility index (Phi) is 5.43. The van der Waals surface area contributed by atoms with Crippen molar-refractivity contribution in [2.45, 2.75) is 45.7 Å². The molecule has 1 amide bonds. The van der Waals surface area contributed by atoms with Gasteiger partial charge < -0.3 is 10.2 Å². The highest BCUT2D eigenvalue weighted by Gasteiger charge is 2.33. The molecule has 0 spiro atoms. The number of piperidine rings is 1. The number of halogens is 1. The minimum absolute atomic E-state index is 0.00984. The van der Waals surface area contributed by atoms with Gasteiger partial charge >= 0.3 is 0 Å². The smallest absolute Gasteiger partial charge is 0.256 e. The number of hydrogen-bond donors (Lipinski definition) is 1. The number of carbonyl (C=O) groups is 1. The molecule has 3 heterocycles. The molecule has 3 aromatic rings. The van der Waals surface area contributed by atoms with Gasteiger partial charge in [0.2, 0.25) is 5.95 Å². The van der Waals surface area contributed by atoms with Crippen LogP contribution in [0.25, 0.3) is 5.69 Å². The highest BCUT2D eigenvalue weighted by Crippen LogP contribution is 2.25. The van der Waals surface area contributed by atoms with Crippen molar-refractivity contribution in [2.24, 2.45) is 0 Å². The molecule has 4 rings (SSSR count). The van der Waals surface area contributed by atoms with Gasteiger partial charge in [-0.3, -0.25) is 4.79 Å². The van der Waals surface area contributed by atoms with Gasteiger partial charge in [-0.1, -0.05) is 0 Å². The first-order valence-corrected chi connectivity index (χ1v) is 9.98. The van der Waals surface area contributed by atoms with Crippen molar-refractivity contribution in [2.75, 3.05) is 11.9 Å². The Morgan fingerprint density at radius 1 is 1.13 bits per heavy atom. The van der Waals surface area contributed by atoms with Crippen LogP contribution in [0.4, 0.5) is 10.3 Å². The highest BCUT2D eigenvalue weighted by molar-refractivity contribution is 5.98. The zero-order valence-corrected chi connectivity index (χ0v) is 17.2. The molecule has 1 aliphatic heterocycles. The molecule has 1 fully saturated rings. The fraction of sp³-hybridized carbons (Fsp3) is 0.381. The van der Waals surface area contributed by atoms with Crippen molar-refractivity contribution >= 4 is 11.9 Å². The lowest BCUT2D eigenvalue weighted by atomic mass is 9.96. The Bertz CT molecular complexity index is 1030. The number of benzene rings is 1. The van der Waals surface area contributed by atoms with Crippen molar-refractivity contribution in [1.29, 1.82) is 0 Å². The Hall–Kier alpha value is -3.36. The summed E-state index contributed by atoms with van der Waals surface area (Å²) in [6.07, 6.45) is 4.73. The molecular weight excluding hydrogens is 385 g/mol. The SMILES string of the molecule is Cc1cc(C)nc(NC2CCCN(C(=O)c3ccc(F)cc3-n3nccn3)C2C)n1. The summed E-state index contributed by atoms with van der Waals surface area (Å²) in [4.78, 5) is 25.4. The van der Waals surface area contributed by atoms with Crippen molar-refractivity contribution in [3.8, 4) is 5.69 Å². The molecule has 0 radical (unpaired) electrons. The molecule has 2 atom stereocenters. The predicted molar refractivity (Wildman–Crippen MR) is 110 cm³/mol. The Labute approximate surface area is 174 Å². The van der Waals surface area contributed by atoms with Crippen molar-refractivity contribution in [3.05, 3.63) is 59.4 Å². The fourth-order valence-corrected chi connectivity index (χ4v) is 3.93. The second-order valence-electron chi connectivity index (χ2n) is 7.59. The van der Waals surface area contributed by atoms with E-state index in [-0.39, 0.29) is 18.0 Å². The summed E-state index contributed by atoms with van der Waals surface area (Å²) in [7, 11) is 0. The molecule has 156 valence electrons. The standard InChI is InChI=1S/C21H24FN7O/c1-13-11-14(2)26-21(25-13)27-18-5-4-10-28(15(18)3)20(30)17-7-6-16(22)12-19(17)29-23-8-9-24-29/h6-9,11-12,15,18H,4-5,10H2,1-3H3,(H,25,26,27).